The van der Waals surface area contributed by atoms with Gasteiger partial charge in [-0.3, -0.25) is 0 Å². The van der Waals surface area contributed by atoms with E-state index in [-0.39, 0.29) is 18.5 Å². The van der Waals surface area contributed by atoms with E-state index in [0.29, 0.717) is 29.1 Å². The van der Waals surface area contributed by atoms with Crippen molar-refractivity contribution >= 4 is 18.2 Å². The third kappa shape index (κ3) is 3.35. The fraction of sp³-hybridized carbons (Fsp3) is 0.438. The molecular formula is C16H20FN4O3S+. The second-order valence-electron chi connectivity index (χ2n) is 6.13. The number of hydrogen-bond acceptors (Lipinski definition) is 5. The van der Waals surface area contributed by atoms with Gasteiger partial charge in [0.05, 0.1) is 12.7 Å². The number of likely N-dealkylation sites (tertiary alicyclic amines) is 1. The summed E-state index contributed by atoms with van der Waals surface area (Å²) in [6.45, 7) is 0.686. The van der Waals surface area contributed by atoms with Crippen LogP contribution in [0, 0.1) is 10.6 Å². The molecule has 134 valence electrons. The van der Waals surface area contributed by atoms with E-state index in [0.717, 1.165) is 4.90 Å². The van der Waals surface area contributed by atoms with E-state index in [9.17, 15) is 14.3 Å². The van der Waals surface area contributed by atoms with E-state index in [1.54, 1.807) is 34.5 Å². The normalized spacial score (nSPS) is 23.0. The second-order valence-corrected chi connectivity index (χ2v) is 6.50. The van der Waals surface area contributed by atoms with Crippen LogP contribution in [0.3, 0.4) is 0 Å². The number of aromatic nitrogens is 3. The number of methoxy groups -OCH3 is 1. The maximum atomic E-state index is 14.1. The number of nitrogens with one attached hydrogen (secondary N) is 1. The maximum absolute atomic E-state index is 14.1. The topological polar surface area (TPSA) is 73.7 Å². The van der Waals surface area contributed by atoms with E-state index >= 15 is 0 Å². The third-order valence-corrected chi connectivity index (χ3v) is 4.98. The van der Waals surface area contributed by atoms with Crippen molar-refractivity contribution in [2.45, 2.75) is 25.2 Å². The minimum absolute atomic E-state index is 0.290. The molecule has 0 amide bonds. The Morgan fingerprint density at radius 1 is 1.52 bits per heavy atom. The minimum atomic E-state index is -0.581. The number of quaternary nitrogens is 1. The summed E-state index contributed by atoms with van der Waals surface area (Å²) < 4.78 is 22.5. The highest BCUT2D eigenvalue weighted by Crippen LogP contribution is 2.20. The van der Waals surface area contributed by atoms with Crippen molar-refractivity contribution in [2.75, 3.05) is 13.7 Å². The van der Waals surface area contributed by atoms with Crippen molar-refractivity contribution in [1.29, 1.82) is 0 Å². The van der Waals surface area contributed by atoms with Crippen molar-refractivity contribution in [3.05, 3.63) is 34.9 Å². The highest BCUT2D eigenvalue weighted by Gasteiger charge is 2.41. The van der Waals surface area contributed by atoms with Gasteiger partial charge in [-0.1, -0.05) is 12.1 Å². The molecule has 0 bridgehead atoms. The van der Waals surface area contributed by atoms with Crippen LogP contribution in [-0.2, 0) is 23.2 Å². The summed E-state index contributed by atoms with van der Waals surface area (Å²) in [7, 11) is 3.05. The van der Waals surface area contributed by atoms with Crippen molar-refractivity contribution in [3.8, 4) is 11.4 Å². The largest absolute Gasteiger partial charge is 0.465 e. The zero-order valence-electron chi connectivity index (χ0n) is 14.0. The summed E-state index contributed by atoms with van der Waals surface area (Å²) in [5.41, 5.74) is 0.357. The Morgan fingerprint density at radius 2 is 2.24 bits per heavy atom. The van der Waals surface area contributed by atoms with Crippen LogP contribution in [0.1, 0.15) is 6.42 Å². The first-order valence-corrected chi connectivity index (χ1v) is 8.32. The summed E-state index contributed by atoms with van der Waals surface area (Å²) in [6, 6.07) is 5.88. The first-order valence-electron chi connectivity index (χ1n) is 7.91. The molecule has 1 aliphatic heterocycles. The van der Waals surface area contributed by atoms with Gasteiger partial charge in [0, 0.05) is 13.5 Å². The van der Waals surface area contributed by atoms with Crippen LogP contribution < -0.4 is 4.90 Å². The second kappa shape index (κ2) is 7.03. The fourth-order valence-corrected chi connectivity index (χ4v) is 3.40. The Bertz CT molecular complexity index is 850. The van der Waals surface area contributed by atoms with Gasteiger partial charge in [-0.25, -0.2) is 9.18 Å². The molecule has 3 atom stereocenters. The van der Waals surface area contributed by atoms with Crippen LogP contribution in [0.15, 0.2) is 24.3 Å². The summed E-state index contributed by atoms with van der Waals surface area (Å²) in [6.07, 6.45) is -0.245. The number of ether oxygens (including phenoxy) is 1. The lowest BCUT2D eigenvalue weighted by Crippen LogP contribution is -3.14. The molecule has 2 N–H and O–H groups in total. The monoisotopic (exact) mass is 367 g/mol. The molecule has 3 rings (SSSR count). The average molecular weight is 367 g/mol. The lowest BCUT2D eigenvalue weighted by molar-refractivity contribution is -0.928. The molecule has 0 radical (unpaired) electrons. The van der Waals surface area contributed by atoms with Crippen LogP contribution >= 0.6 is 12.2 Å². The van der Waals surface area contributed by atoms with Gasteiger partial charge in [-0.2, -0.15) is 4.68 Å². The maximum Gasteiger partial charge on any atom is 0.364 e. The molecule has 7 nitrogen and oxygen atoms in total. The molecule has 0 saturated carbocycles. The lowest BCUT2D eigenvalue weighted by Gasteiger charge is -2.18. The molecule has 2 heterocycles. The van der Waals surface area contributed by atoms with Crippen molar-refractivity contribution in [2.24, 2.45) is 7.05 Å². The molecular weight excluding hydrogens is 347 g/mol. The van der Waals surface area contributed by atoms with Gasteiger partial charge in [-0.05, 0) is 24.4 Å². The van der Waals surface area contributed by atoms with Crippen molar-refractivity contribution in [3.63, 3.8) is 0 Å². The number of esters is 1. The number of nitrogens with zero attached hydrogens (tertiary/aromatic N) is 3. The predicted octanol–water partition coefficient (Wildman–Crippen LogP) is -0.0942. The fourth-order valence-electron chi connectivity index (χ4n) is 3.21. The smallest absolute Gasteiger partial charge is 0.364 e. The molecule has 2 aromatic rings. The van der Waals surface area contributed by atoms with Crippen LogP contribution in [0.5, 0.6) is 0 Å². The number of hydrogen-bond donors (Lipinski definition) is 2. The van der Waals surface area contributed by atoms with Crippen molar-refractivity contribution < 1.29 is 23.9 Å². The van der Waals surface area contributed by atoms with Gasteiger partial charge in [0.2, 0.25) is 4.77 Å². The Kier molecular flexibility index (Phi) is 4.98. The molecule has 25 heavy (non-hydrogen) atoms. The Hall–Kier alpha value is -2.10. The number of halogens is 1. The molecule has 0 aliphatic carbocycles. The number of carbonyl (C=O) groups is 1. The van der Waals surface area contributed by atoms with Crippen LogP contribution in [0.2, 0.25) is 0 Å². The van der Waals surface area contributed by atoms with E-state index in [4.69, 9.17) is 17.0 Å². The zero-order valence-corrected chi connectivity index (χ0v) is 14.8. The number of carbonyl (C=O) groups excluding carboxylic acids is 1. The quantitative estimate of drug-likeness (QED) is 0.584. The Balaban J connectivity index is 1.92. The summed E-state index contributed by atoms with van der Waals surface area (Å²) >= 11 is 5.40. The average Bonchev–Trinajstić information content (AvgIpc) is 3.09. The van der Waals surface area contributed by atoms with Gasteiger partial charge in [0.15, 0.2) is 18.5 Å². The van der Waals surface area contributed by atoms with E-state index in [2.05, 4.69) is 5.10 Å². The zero-order chi connectivity index (χ0) is 18.1. The van der Waals surface area contributed by atoms with Gasteiger partial charge in [-0.15, -0.1) is 5.10 Å². The van der Waals surface area contributed by atoms with E-state index < -0.39 is 12.1 Å². The number of rotatable bonds is 4. The Morgan fingerprint density at radius 3 is 2.92 bits per heavy atom. The predicted molar refractivity (Wildman–Crippen MR) is 89.7 cm³/mol. The molecule has 1 saturated heterocycles. The van der Waals surface area contributed by atoms with Crippen LogP contribution in [0.25, 0.3) is 11.4 Å². The SMILES string of the molecule is COC(=O)[C@@H]1C[C@H](O)C[NH+]1Cn1nc(-c2ccccc2F)n(C)c1=S. The van der Waals surface area contributed by atoms with Gasteiger partial charge in [0.1, 0.15) is 18.5 Å². The minimum Gasteiger partial charge on any atom is -0.465 e. The molecule has 1 aromatic carbocycles. The Labute approximate surface area is 149 Å². The number of benzene rings is 1. The molecule has 1 aromatic heterocycles. The van der Waals surface area contributed by atoms with Crippen molar-refractivity contribution in [1.82, 2.24) is 14.3 Å². The van der Waals surface area contributed by atoms with E-state index in [1.165, 1.54) is 13.2 Å². The van der Waals surface area contributed by atoms with E-state index in [1.807, 2.05) is 0 Å². The summed E-state index contributed by atoms with van der Waals surface area (Å²) in [4.78, 5) is 12.7. The van der Waals surface area contributed by atoms with Gasteiger partial charge in [0.25, 0.3) is 0 Å². The molecule has 1 unspecified atom stereocenters. The first kappa shape index (κ1) is 17.7. The summed E-state index contributed by atoms with van der Waals surface area (Å²) in [5, 5.41) is 14.3. The van der Waals surface area contributed by atoms with Crippen LogP contribution in [0.4, 0.5) is 4.39 Å². The number of aliphatic hydroxyl groups excluding tert-OH is 1. The standard InChI is InChI=1S/C16H19FN4O3S/c1-19-14(11-5-3-4-6-12(11)17)18-21(16(19)25)9-20-8-10(22)7-13(20)15(23)24-2/h3-6,10,13,22H,7-9H2,1-2H3/p+1/t10-,13-/m0/s1. The molecule has 1 fully saturated rings. The van der Waals surface area contributed by atoms with Gasteiger partial charge < -0.3 is 19.3 Å². The highest BCUT2D eigenvalue weighted by atomic mass is 32.1. The lowest BCUT2D eigenvalue weighted by atomic mass is 10.2. The summed E-state index contributed by atoms with van der Waals surface area (Å²) in [5.74, 6) is -0.339. The van der Waals surface area contributed by atoms with Crippen LogP contribution in [-0.4, -0.2) is 51.2 Å². The first-order chi connectivity index (χ1) is 11.9. The van der Waals surface area contributed by atoms with Gasteiger partial charge >= 0.3 is 5.97 Å². The molecule has 1 aliphatic rings. The molecule has 9 heteroatoms. The number of aliphatic hydroxyl groups is 1. The highest BCUT2D eigenvalue weighted by molar-refractivity contribution is 7.71. The molecule has 0 spiro atoms. The third-order valence-electron chi connectivity index (χ3n) is 4.49.